The predicted octanol–water partition coefficient (Wildman–Crippen LogP) is 3.67. The van der Waals surface area contributed by atoms with Crippen LogP contribution in [0.1, 0.15) is 36.2 Å². The summed E-state index contributed by atoms with van der Waals surface area (Å²) in [7, 11) is 0. The van der Waals surface area contributed by atoms with Crippen molar-refractivity contribution in [3.05, 3.63) is 47.3 Å². The molecule has 2 aromatic heterocycles. The van der Waals surface area contributed by atoms with Gasteiger partial charge in [0.2, 0.25) is 17.6 Å². The molecule has 3 heterocycles. The molecule has 10 nitrogen and oxygen atoms in total. The van der Waals surface area contributed by atoms with E-state index in [1.807, 2.05) is 4.90 Å². The third-order valence-electron chi connectivity index (χ3n) is 6.69. The van der Waals surface area contributed by atoms with Crippen molar-refractivity contribution in [2.75, 3.05) is 36.1 Å². The Labute approximate surface area is 212 Å². The monoisotopic (exact) mass is 511 g/mol. The molecular weight excluding hydrogens is 486 g/mol. The maximum atomic E-state index is 13.2. The summed E-state index contributed by atoms with van der Waals surface area (Å²) in [6, 6.07) is 8.23. The smallest absolute Gasteiger partial charge is 0.293 e. The number of morpholine rings is 1. The van der Waals surface area contributed by atoms with Crippen molar-refractivity contribution in [1.82, 2.24) is 9.88 Å². The van der Waals surface area contributed by atoms with Crippen molar-refractivity contribution < 1.29 is 23.5 Å². The van der Waals surface area contributed by atoms with Gasteiger partial charge in [-0.25, -0.2) is 0 Å². The van der Waals surface area contributed by atoms with E-state index in [0.29, 0.717) is 53.5 Å². The van der Waals surface area contributed by atoms with Crippen molar-refractivity contribution in [2.24, 2.45) is 5.92 Å². The summed E-state index contributed by atoms with van der Waals surface area (Å²) in [5.41, 5.74) is 7.58. The lowest BCUT2D eigenvalue weighted by Gasteiger charge is -2.38. The topological polar surface area (TPSA) is 140 Å². The van der Waals surface area contributed by atoms with E-state index >= 15 is 0 Å². The number of amides is 3. The number of benzene rings is 1. The van der Waals surface area contributed by atoms with Gasteiger partial charge in [0.15, 0.2) is 5.58 Å². The molecule has 1 aliphatic carbocycles. The highest BCUT2D eigenvalue weighted by molar-refractivity contribution is 6.33. The fourth-order valence-corrected chi connectivity index (χ4v) is 4.92. The van der Waals surface area contributed by atoms with Crippen LogP contribution in [0.15, 0.2) is 40.9 Å². The summed E-state index contributed by atoms with van der Waals surface area (Å²) in [5, 5.41) is 6.00. The molecule has 1 saturated heterocycles. The van der Waals surface area contributed by atoms with Gasteiger partial charge in [-0.2, -0.15) is 0 Å². The van der Waals surface area contributed by atoms with Crippen LogP contribution in [0.4, 0.5) is 17.1 Å². The Bertz CT molecular complexity index is 1320. The van der Waals surface area contributed by atoms with Gasteiger partial charge in [-0.05, 0) is 56.0 Å². The predicted molar refractivity (Wildman–Crippen MR) is 135 cm³/mol. The number of nitrogen functional groups attached to an aromatic ring is 1. The normalized spacial score (nSPS) is 20.4. The Kier molecular flexibility index (Phi) is 6.80. The van der Waals surface area contributed by atoms with Crippen molar-refractivity contribution in [3.8, 4) is 0 Å². The molecule has 0 bridgehead atoms. The van der Waals surface area contributed by atoms with E-state index in [9.17, 15) is 14.4 Å². The molecule has 1 saturated carbocycles. The number of furan rings is 1. The summed E-state index contributed by atoms with van der Waals surface area (Å²) in [4.78, 5) is 44.7. The number of rotatable bonds is 5. The summed E-state index contributed by atoms with van der Waals surface area (Å²) in [6.45, 7) is 1.25. The van der Waals surface area contributed by atoms with Gasteiger partial charge in [0.1, 0.15) is 17.8 Å². The van der Waals surface area contributed by atoms with Gasteiger partial charge in [0, 0.05) is 30.4 Å². The fourth-order valence-electron chi connectivity index (χ4n) is 4.81. The summed E-state index contributed by atoms with van der Waals surface area (Å²) in [5.74, 6) is -1.07. The maximum Gasteiger partial charge on any atom is 0.293 e. The van der Waals surface area contributed by atoms with E-state index in [4.69, 9.17) is 26.5 Å². The zero-order valence-electron chi connectivity index (χ0n) is 19.5. The van der Waals surface area contributed by atoms with Gasteiger partial charge in [-0.1, -0.05) is 11.6 Å². The van der Waals surface area contributed by atoms with Crippen LogP contribution in [-0.2, 0) is 14.3 Å². The van der Waals surface area contributed by atoms with Gasteiger partial charge in [-0.15, -0.1) is 0 Å². The lowest BCUT2D eigenvalue weighted by molar-refractivity contribution is -0.146. The van der Waals surface area contributed by atoms with Crippen LogP contribution < -0.4 is 16.4 Å². The second-order valence-corrected chi connectivity index (χ2v) is 9.39. The van der Waals surface area contributed by atoms with Crippen molar-refractivity contribution in [2.45, 2.75) is 31.7 Å². The number of aromatic nitrogens is 1. The highest BCUT2D eigenvalue weighted by Crippen LogP contribution is 2.33. The molecule has 2 fully saturated rings. The minimum atomic E-state index is -0.556. The number of carbonyl (C=O) groups excluding carboxylic acids is 3. The summed E-state index contributed by atoms with van der Waals surface area (Å²) in [6.07, 6.45) is 4.31. The molecule has 0 radical (unpaired) electrons. The Morgan fingerprint density at radius 2 is 1.94 bits per heavy atom. The number of carbonyl (C=O) groups is 3. The van der Waals surface area contributed by atoms with Crippen molar-refractivity contribution in [3.63, 3.8) is 0 Å². The standard InChI is InChI=1S/C25H26ClN5O5/c26-17-8-5-15(12-18(17)27)29-25(34)23-22(21-19(36-23)2-1-9-28-21)30-24(33)14-3-6-16(7-4-14)31-10-11-35-13-20(31)32/h1-2,5,8-9,12,14,16H,3-4,6-7,10-11,13,27H2,(H,29,34)(H,30,33)/t14-,16-. The molecule has 4 N–H and O–H groups in total. The highest BCUT2D eigenvalue weighted by atomic mass is 35.5. The molecule has 5 rings (SSSR count). The van der Waals surface area contributed by atoms with E-state index in [1.54, 1.807) is 30.5 Å². The van der Waals surface area contributed by atoms with Gasteiger partial charge in [0.25, 0.3) is 5.91 Å². The number of nitrogens with zero attached hydrogens (tertiary/aromatic N) is 2. The van der Waals surface area contributed by atoms with Crippen LogP contribution in [0.5, 0.6) is 0 Å². The zero-order chi connectivity index (χ0) is 25.2. The van der Waals surface area contributed by atoms with Crippen LogP contribution in [0.3, 0.4) is 0 Å². The second-order valence-electron chi connectivity index (χ2n) is 8.98. The van der Waals surface area contributed by atoms with Crippen LogP contribution in [-0.4, -0.2) is 53.4 Å². The minimum Gasteiger partial charge on any atom is -0.447 e. The van der Waals surface area contributed by atoms with Gasteiger partial charge >= 0.3 is 0 Å². The number of halogens is 1. The Morgan fingerprint density at radius 1 is 1.14 bits per heavy atom. The van der Waals surface area contributed by atoms with E-state index in [-0.39, 0.29) is 41.8 Å². The van der Waals surface area contributed by atoms with E-state index in [2.05, 4.69) is 15.6 Å². The third kappa shape index (κ3) is 4.87. The SMILES string of the molecule is Nc1cc(NC(=O)c2oc3cccnc3c2NC(=O)[C@H]2CC[C@H](N3CCOCC3=O)CC2)ccc1Cl. The molecule has 36 heavy (non-hydrogen) atoms. The second kappa shape index (κ2) is 10.2. The molecule has 3 aromatic rings. The lowest BCUT2D eigenvalue weighted by Crippen LogP contribution is -2.49. The Morgan fingerprint density at radius 3 is 2.69 bits per heavy atom. The number of anilines is 3. The first-order valence-electron chi connectivity index (χ1n) is 11.8. The molecule has 2 aliphatic rings. The minimum absolute atomic E-state index is 0.00295. The summed E-state index contributed by atoms with van der Waals surface area (Å²) >= 11 is 5.97. The molecular formula is C25H26ClN5O5. The largest absolute Gasteiger partial charge is 0.447 e. The molecule has 1 aliphatic heterocycles. The molecule has 3 amide bonds. The van der Waals surface area contributed by atoms with Crippen LogP contribution in [0.2, 0.25) is 5.02 Å². The van der Waals surface area contributed by atoms with Gasteiger partial charge in [0.05, 0.1) is 17.3 Å². The average molecular weight is 512 g/mol. The lowest BCUT2D eigenvalue weighted by atomic mass is 9.84. The zero-order valence-corrected chi connectivity index (χ0v) is 20.2. The number of nitrogens with two attached hydrogens (primary N) is 1. The van der Waals surface area contributed by atoms with Crippen molar-refractivity contribution >= 4 is 57.5 Å². The number of ether oxygens (including phenoxy) is 1. The van der Waals surface area contributed by atoms with Crippen LogP contribution in [0.25, 0.3) is 11.1 Å². The van der Waals surface area contributed by atoms with E-state index < -0.39 is 5.91 Å². The first kappa shape index (κ1) is 24.1. The van der Waals surface area contributed by atoms with Crippen LogP contribution in [0, 0.1) is 5.92 Å². The first-order chi connectivity index (χ1) is 17.4. The average Bonchev–Trinajstić information content (AvgIpc) is 3.25. The third-order valence-corrected chi connectivity index (χ3v) is 7.03. The van der Waals surface area contributed by atoms with Gasteiger partial charge in [-0.3, -0.25) is 19.4 Å². The maximum absolute atomic E-state index is 13.2. The number of nitrogens with one attached hydrogen (secondary N) is 2. The number of fused-ring (bicyclic) bond motifs is 1. The number of hydrogen-bond acceptors (Lipinski definition) is 7. The van der Waals surface area contributed by atoms with Crippen molar-refractivity contribution in [1.29, 1.82) is 0 Å². The van der Waals surface area contributed by atoms with Crippen LogP contribution >= 0.6 is 11.6 Å². The Balaban J connectivity index is 1.31. The first-order valence-corrected chi connectivity index (χ1v) is 12.2. The molecule has 0 spiro atoms. The number of hydrogen-bond donors (Lipinski definition) is 3. The van der Waals surface area contributed by atoms with Gasteiger partial charge < -0.3 is 30.4 Å². The quantitative estimate of drug-likeness (QED) is 0.444. The Hall–Kier alpha value is -3.63. The molecule has 0 unspecified atom stereocenters. The highest BCUT2D eigenvalue weighted by Gasteiger charge is 2.34. The molecule has 188 valence electrons. The van der Waals surface area contributed by atoms with E-state index in [0.717, 1.165) is 12.8 Å². The number of pyridine rings is 1. The molecule has 11 heteroatoms. The summed E-state index contributed by atoms with van der Waals surface area (Å²) < 4.78 is 11.0. The fraction of sp³-hybridized carbons (Fsp3) is 0.360. The van der Waals surface area contributed by atoms with E-state index in [1.165, 1.54) is 6.07 Å². The molecule has 1 aromatic carbocycles. The molecule has 0 atom stereocenters.